The van der Waals surface area contributed by atoms with Crippen molar-refractivity contribution in [2.75, 3.05) is 51.3 Å². The Balaban J connectivity index is 1.51. The lowest BCUT2D eigenvalue weighted by atomic mass is 10.2. The highest BCUT2D eigenvalue weighted by Gasteiger charge is 2.16. The van der Waals surface area contributed by atoms with Crippen molar-refractivity contribution in [2.45, 2.75) is 25.5 Å². The lowest BCUT2D eigenvalue weighted by molar-refractivity contribution is 0.114. The summed E-state index contributed by atoms with van der Waals surface area (Å²) < 4.78 is 5.57. The molecule has 2 saturated heterocycles. The van der Waals surface area contributed by atoms with Crippen LogP contribution in [0.1, 0.15) is 18.4 Å². The Morgan fingerprint density at radius 1 is 1.42 bits per heavy atom. The number of nitrogens with two attached hydrogens (primary N) is 1. The molecule has 2 aliphatic rings. The summed E-state index contributed by atoms with van der Waals surface area (Å²) in [5.41, 5.74) is 7.07. The van der Waals surface area contributed by atoms with Gasteiger partial charge in [-0.25, -0.2) is 9.98 Å². The summed E-state index contributed by atoms with van der Waals surface area (Å²) in [6.45, 7) is 6.33. The van der Waals surface area contributed by atoms with Crippen LogP contribution in [-0.2, 0) is 11.3 Å². The van der Waals surface area contributed by atoms with Crippen LogP contribution < -0.4 is 16.0 Å². The summed E-state index contributed by atoms with van der Waals surface area (Å²) >= 11 is 0. The van der Waals surface area contributed by atoms with E-state index in [0.717, 1.165) is 63.6 Å². The number of pyridine rings is 1. The Morgan fingerprint density at radius 3 is 3.00 bits per heavy atom. The van der Waals surface area contributed by atoms with Gasteiger partial charge in [-0.05, 0) is 37.6 Å². The summed E-state index contributed by atoms with van der Waals surface area (Å²) in [6, 6.07) is 4.11. The molecular weight excluding hydrogens is 304 g/mol. The molecule has 3 N–H and O–H groups in total. The standard InChI is InChI=1S/C17H28N6O/c1-22-6-8-23(9-7-22)16-11-14(4-5-19-16)12-20-17(18)21-13-15-3-2-10-24-15/h4-5,11,15H,2-3,6-10,12-13H2,1H3,(H3,18,20,21). The molecule has 1 atom stereocenters. The highest BCUT2D eigenvalue weighted by atomic mass is 16.5. The van der Waals surface area contributed by atoms with E-state index in [2.05, 4.69) is 38.2 Å². The molecule has 2 aliphatic heterocycles. The van der Waals surface area contributed by atoms with Gasteiger partial charge in [0.05, 0.1) is 12.6 Å². The Labute approximate surface area is 143 Å². The second-order valence-corrected chi connectivity index (χ2v) is 6.53. The fourth-order valence-electron chi connectivity index (χ4n) is 3.02. The maximum Gasteiger partial charge on any atom is 0.189 e. The van der Waals surface area contributed by atoms with Crippen LogP contribution in [0.5, 0.6) is 0 Å². The molecule has 3 heterocycles. The molecule has 7 nitrogen and oxygen atoms in total. The van der Waals surface area contributed by atoms with Crippen molar-refractivity contribution >= 4 is 11.8 Å². The number of ether oxygens (including phenoxy) is 1. The number of hydrogen-bond donors (Lipinski definition) is 2. The van der Waals surface area contributed by atoms with Gasteiger partial charge >= 0.3 is 0 Å². The molecule has 1 aromatic rings. The summed E-state index contributed by atoms with van der Waals surface area (Å²) in [4.78, 5) is 13.6. The largest absolute Gasteiger partial charge is 0.376 e. The Kier molecular flexibility index (Phi) is 5.87. The van der Waals surface area contributed by atoms with Crippen molar-refractivity contribution < 1.29 is 4.74 Å². The minimum absolute atomic E-state index is 0.267. The van der Waals surface area contributed by atoms with Crippen molar-refractivity contribution in [1.82, 2.24) is 15.2 Å². The van der Waals surface area contributed by atoms with Crippen molar-refractivity contribution in [2.24, 2.45) is 10.7 Å². The zero-order valence-corrected chi connectivity index (χ0v) is 14.4. The van der Waals surface area contributed by atoms with E-state index in [9.17, 15) is 0 Å². The maximum absolute atomic E-state index is 5.95. The minimum Gasteiger partial charge on any atom is -0.376 e. The van der Waals surface area contributed by atoms with Crippen molar-refractivity contribution in [3.8, 4) is 0 Å². The second-order valence-electron chi connectivity index (χ2n) is 6.53. The SMILES string of the molecule is CN1CCN(c2cc(CN=C(N)NCC3CCCO3)ccn2)CC1. The highest BCUT2D eigenvalue weighted by molar-refractivity contribution is 5.77. The first-order valence-electron chi connectivity index (χ1n) is 8.74. The summed E-state index contributed by atoms with van der Waals surface area (Å²) in [5, 5.41) is 3.15. The van der Waals surface area contributed by atoms with Gasteiger partial charge in [0.1, 0.15) is 5.82 Å². The molecule has 7 heteroatoms. The quantitative estimate of drug-likeness (QED) is 0.601. The van der Waals surface area contributed by atoms with Gasteiger partial charge in [0.2, 0.25) is 0 Å². The molecule has 0 bridgehead atoms. The van der Waals surface area contributed by atoms with E-state index in [1.54, 1.807) is 0 Å². The predicted octanol–water partition coefficient (Wildman–Crippen LogP) is 0.417. The van der Waals surface area contributed by atoms with Gasteiger partial charge < -0.3 is 25.6 Å². The normalized spacial score (nSPS) is 22.8. The highest BCUT2D eigenvalue weighted by Crippen LogP contribution is 2.15. The van der Waals surface area contributed by atoms with E-state index in [1.165, 1.54) is 0 Å². The van der Waals surface area contributed by atoms with Crippen LogP contribution in [-0.4, -0.2) is 68.3 Å². The van der Waals surface area contributed by atoms with Gasteiger partial charge in [0.25, 0.3) is 0 Å². The first-order valence-corrected chi connectivity index (χ1v) is 8.74. The predicted molar refractivity (Wildman–Crippen MR) is 96.3 cm³/mol. The fraction of sp³-hybridized carbons (Fsp3) is 0.647. The lowest BCUT2D eigenvalue weighted by Crippen LogP contribution is -2.44. The third-order valence-corrected chi connectivity index (χ3v) is 4.60. The number of hydrogen-bond acceptors (Lipinski definition) is 5. The van der Waals surface area contributed by atoms with Gasteiger partial charge in [-0.1, -0.05) is 0 Å². The second kappa shape index (κ2) is 8.30. The molecule has 0 spiro atoms. The zero-order chi connectivity index (χ0) is 16.8. The molecule has 0 aliphatic carbocycles. The topological polar surface area (TPSA) is 79.0 Å². The van der Waals surface area contributed by atoms with Gasteiger partial charge in [0, 0.05) is 45.5 Å². The van der Waals surface area contributed by atoms with Crippen molar-refractivity contribution in [1.29, 1.82) is 0 Å². The van der Waals surface area contributed by atoms with E-state index in [0.29, 0.717) is 12.5 Å². The average molecular weight is 332 g/mol. The molecule has 0 radical (unpaired) electrons. The minimum atomic E-state index is 0.267. The number of nitrogens with one attached hydrogen (secondary N) is 1. The third-order valence-electron chi connectivity index (χ3n) is 4.60. The van der Waals surface area contributed by atoms with E-state index in [-0.39, 0.29) is 6.10 Å². The monoisotopic (exact) mass is 332 g/mol. The summed E-state index contributed by atoms with van der Waals surface area (Å²) in [7, 11) is 2.16. The van der Waals surface area contributed by atoms with Crippen LogP contribution in [0.4, 0.5) is 5.82 Å². The smallest absolute Gasteiger partial charge is 0.189 e. The number of anilines is 1. The molecule has 0 aromatic carbocycles. The molecule has 0 amide bonds. The zero-order valence-electron chi connectivity index (χ0n) is 14.4. The van der Waals surface area contributed by atoms with Crippen molar-refractivity contribution in [3.05, 3.63) is 23.9 Å². The van der Waals surface area contributed by atoms with E-state index in [4.69, 9.17) is 10.5 Å². The molecule has 24 heavy (non-hydrogen) atoms. The summed E-state index contributed by atoms with van der Waals surface area (Å²) in [6.07, 6.45) is 4.35. The molecule has 1 unspecified atom stereocenters. The van der Waals surface area contributed by atoms with Crippen molar-refractivity contribution in [3.63, 3.8) is 0 Å². The third kappa shape index (κ3) is 4.82. The number of rotatable bonds is 5. The van der Waals surface area contributed by atoms with Gasteiger partial charge in [0.15, 0.2) is 5.96 Å². The Hall–Kier alpha value is -1.86. The number of piperazine rings is 1. The molecular formula is C17H28N6O. The lowest BCUT2D eigenvalue weighted by Gasteiger charge is -2.33. The van der Waals surface area contributed by atoms with Crippen LogP contribution in [0.2, 0.25) is 0 Å². The molecule has 0 saturated carbocycles. The number of nitrogens with zero attached hydrogens (tertiary/aromatic N) is 4. The Morgan fingerprint density at radius 2 is 2.25 bits per heavy atom. The number of likely N-dealkylation sites (N-methyl/N-ethyl adjacent to an activating group) is 1. The Bertz CT molecular complexity index is 550. The number of guanidine groups is 1. The van der Waals surface area contributed by atoms with Crippen LogP contribution >= 0.6 is 0 Å². The van der Waals surface area contributed by atoms with Crippen LogP contribution in [0, 0.1) is 0 Å². The van der Waals surface area contributed by atoms with Crippen LogP contribution in [0.3, 0.4) is 0 Å². The number of aliphatic imine (C=N–C) groups is 1. The van der Waals surface area contributed by atoms with Crippen LogP contribution in [0.15, 0.2) is 23.3 Å². The first kappa shape index (κ1) is 17.0. The van der Waals surface area contributed by atoms with Gasteiger partial charge in [-0.3, -0.25) is 0 Å². The van der Waals surface area contributed by atoms with Gasteiger partial charge in [-0.15, -0.1) is 0 Å². The fourth-order valence-corrected chi connectivity index (χ4v) is 3.02. The summed E-state index contributed by atoms with van der Waals surface area (Å²) in [5.74, 6) is 1.50. The van der Waals surface area contributed by atoms with Crippen LogP contribution in [0.25, 0.3) is 0 Å². The molecule has 132 valence electrons. The molecule has 2 fully saturated rings. The van der Waals surface area contributed by atoms with E-state index < -0.39 is 0 Å². The number of aromatic nitrogens is 1. The average Bonchev–Trinajstić information content (AvgIpc) is 3.13. The molecule has 3 rings (SSSR count). The van der Waals surface area contributed by atoms with Gasteiger partial charge in [-0.2, -0.15) is 0 Å². The van der Waals surface area contributed by atoms with E-state index in [1.807, 2.05) is 12.3 Å². The maximum atomic E-state index is 5.95. The first-order chi connectivity index (χ1) is 11.7. The molecule has 1 aromatic heterocycles. The van der Waals surface area contributed by atoms with E-state index >= 15 is 0 Å².